The van der Waals surface area contributed by atoms with Gasteiger partial charge in [0.15, 0.2) is 0 Å². The lowest BCUT2D eigenvalue weighted by Crippen LogP contribution is -2.44. The molecule has 3 nitrogen and oxygen atoms in total. The van der Waals surface area contributed by atoms with Gasteiger partial charge in [-0.25, -0.2) is 0 Å². The summed E-state index contributed by atoms with van der Waals surface area (Å²) < 4.78 is 0. The molecule has 2 N–H and O–H groups in total. The zero-order chi connectivity index (χ0) is 10.5. The largest absolute Gasteiger partial charge is 0.368 e. The molecule has 1 saturated heterocycles. The van der Waals surface area contributed by atoms with Gasteiger partial charge in [0.05, 0.1) is 6.04 Å². The van der Waals surface area contributed by atoms with Gasteiger partial charge in [-0.15, -0.1) is 0 Å². The number of nitrogens with two attached hydrogens (primary N) is 1. The van der Waals surface area contributed by atoms with Crippen molar-refractivity contribution >= 4 is 5.91 Å². The summed E-state index contributed by atoms with van der Waals surface area (Å²) in [6.45, 7) is 8.82. The van der Waals surface area contributed by atoms with E-state index >= 15 is 0 Å². The van der Waals surface area contributed by atoms with E-state index in [4.69, 9.17) is 5.73 Å². The van der Waals surface area contributed by atoms with Crippen molar-refractivity contribution < 1.29 is 4.79 Å². The van der Waals surface area contributed by atoms with Crippen molar-refractivity contribution in [1.82, 2.24) is 4.90 Å². The molecule has 1 aliphatic heterocycles. The Morgan fingerprint density at radius 1 is 1.50 bits per heavy atom. The van der Waals surface area contributed by atoms with Gasteiger partial charge in [-0.2, -0.15) is 0 Å². The molecular formula is C11H20N2O. The maximum absolute atomic E-state index is 11.2. The molecule has 80 valence electrons. The van der Waals surface area contributed by atoms with E-state index in [2.05, 4.69) is 18.7 Å². The van der Waals surface area contributed by atoms with Crippen molar-refractivity contribution in [2.24, 2.45) is 23.0 Å². The quantitative estimate of drug-likeness (QED) is 0.727. The number of nitrogens with zero attached hydrogens (tertiary/aromatic N) is 1. The second kappa shape index (κ2) is 2.96. The van der Waals surface area contributed by atoms with E-state index < -0.39 is 0 Å². The summed E-state index contributed by atoms with van der Waals surface area (Å²) in [4.78, 5) is 13.4. The van der Waals surface area contributed by atoms with Crippen molar-refractivity contribution in [3.05, 3.63) is 0 Å². The van der Waals surface area contributed by atoms with Gasteiger partial charge in [0.1, 0.15) is 0 Å². The number of carbonyl (C=O) groups is 1. The van der Waals surface area contributed by atoms with Gasteiger partial charge in [0.25, 0.3) is 0 Å². The Hall–Kier alpha value is -0.570. The molecule has 0 aromatic heterocycles. The zero-order valence-electron chi connectivity index (χ0n) is 9.29. The summed E-state index contributed by atoms with van der Waals surface area (Å²) >= 11 is 0. The van der Waals surface area contributed by atoms with Crippen LogP contribution in [0.3, 0.4) is 0 Å². The second-order valence-electron chi connectivity index (χ2n) is 5.31. The predicted octanol–water partition coefficient (Wildman–Crippen LogP) is 0.838. The summed E-state index contributed by atoms with van der Waals surface area (Å²) in [6.07, 6.45) is 0.842. The van der Waals surface area contributed by atoms with Crippen LogP contribution in [0.1, 0.15) is 27.2 Å². The van der Waals surface area contributed by atoms with E-state index in [1.54, 1.807) is 0 Å². The lowest BCUT2D eigenvalue weighted by molar-refractivity contribution is -0.123. The molecule has 0 bridgehead atoms. The first-order chi connectivity index (χ1) is 6.48. The number of hydrogen-bond donors (Lipinski definition) is 1. The van der Waals surface area contributed by atoms with Crippen molar-refractivity contribution in [2.45, 2.75) is 33.2 Å². The molecule has 14 heavy (non-hydrogen) atoms. The molecule has 2 rings (SSSR count). The van der Waals surface area contributed by atoms with Gasteiger partial charge in [-0.05, 0) is 23.7 Å². The van der Waals surface area contributed by atoms with Gasteiger partial charge in [-0.1, -0.05) is 20.8 Å². The van der Waals surface area contributed by atoms with Crippen LogP contribution in [-0.4, -0.2) is 29.9 Å². The molecule has 2 fully saturated rings. The predicted molar refractivity (Wildman–Crippen MR) is 55.6 cm³/mol. The maximum atomic E-state index is 11.2. The van der Waals surface area contributed by atoms with Crippen molar-refractivity contribution in [1.29, 1.82) is 0 Å². The molecular weight excluding hydrogens is 176 g/mol. The van der Waals surface area contributed by atoms with Gasteiger partial charge in [0.2, 0.25) is 5.91 Å². The van der Waals surface area contributed by atoms with E-state index in [1.165, 1.54) is 0 Å². The van der Waals surface area contributed by atoms with E-state index in [-0.39, 0.29) is 11.9 Å². The van der Waals surface area contributed by atoms with Crippen molar-refractivity contribution in [2.75, 3.05) is 13.1 Å². The number of amides is 1. The highest BCUT2D eigenvalue weighted by atomic mass is 16.1. The smallest absolute Gasteiger partial charge is 0.234 e. The number of carbonyl (C=O) groups excluding carboxylic acids is 1. The van der Waals surface area contributed by atoms with Crippen molar-refractivity contribution in [3.63, 3.8) is 0 Å². The topological polar surface area (TPSA) is 46.3 Å². The Bertz CT molecular complexity index is 248. The molecule has 3 atom stereocenters. The molecule has 0 radical (unpaired) electrons. The fourth-order valence-electron chi connectivity index (χ4n) is 3.06. The normalized spacial score (nSPS) is 36.5. The van der Waals surface area contributed by atoms with Crippen LogP contribution in [0.4, 0.5) is 0 Å². The number of likely N-dealkylation sites (tertiary alicyclic amines) is 1. The minimum Gasteiger partial charge on any atom is -0.368 e. The number of fused-ring (bicyclic) bond motifs is 1. The number of primary amides is 1. The summed E-state index contributed by atoms with van der Waals surface area (Å²) in [6, 6.07) is -0.0291. The average Bonchev–Trinajstić information content (AvgIpc) is 2.50. The summed E-state index contributed by atoms with van der Waals surface area (Å²) in [5, 5.41) is 0. The van der Waals surface area contributed by atoms with E-state index in [0.29, 0.717) is 5.41 Å². The molecule has 3 heteroatoms. The van der Waals surface area contributed by atoms with Crippen LogP contribution in [0.25, 0.3) is 0 Å². The van der Waals surface area contributed by atoms with Crippen LogP contribution in [0.15, 0.2) is 0 Å². The van der Waals surface area contributed by atoms with Crippen LogP contribution in [-0.2, 0) is 4.79 Å². The minimum atomic E-state index is -0.161. The third-order valence-corrected chi connectivity index (χ3v) is 4.31. The van der Waals surface area contributed by atoms with Crippen LogP contribution < -0.4 is 5.73 Å². The Labute approximate surface area is 85.6 Å². The van der Waals surface area contributed by atoms with E-state index in [1.807, 2.05) is 6.92 Å². The summed E-state index contributed by atoms with van der Waals surface area (Å²) in [7, 11) is 0. The van der Waals surface area contributed by atoms with E-state index in [9.17, 15) is 4.79 Å². The Morgan fingerprint density at radius 2 is 2.00 bits per heavy atom. The van der Waals surface area contributed by atoms with E-state index in [0.717, 1.165) is 31.3 Å². The summed E-state index contributed by atoms with van der Waals surface area (Å²) in [5.41, 5.74) is 5.89. The third kappa shape index (κ3) is 1.26. The second-order valence-corrected chi connectivity index (χ2v) is 5.31. The average molecular weight is 196 g/mol. The molecule has 0 aromatic rings. The number of piperidine rings is 1. The number of rotatable bonds is 3. The highest BCUT2D eigenvalue weighted by molar-refractivity contribution is 5.79. The Kier molecular flexibility index (Phi) is 2.11. The standard InChI is InChI=1S/C11H20N2O/c1-4-9(10(12)14)13-5-7-8(6-13)11(7,2)3/h7-9H,4-6H2,1-3H3,(H2,12,14). The van der Waals surface area contributed by atoms with Crippen LogP contribution >= 0.6 is 0 Å². The lowest BCUT2D eigenvalue weighted by Gasteiger charge is -2.27. The highest BCUT2D eigenvalue weighted by Gasteiger charge is 2.62. The van der Waals surface area contributed by atoms with Gasteiger partial charge in [0, 0.05) is 13.1 Å². The van der Waals surface area contributed by atoms with Crippen LogP contribution in [0.5, 0.6) is 0 Å². The first kappa shape index (κ1) is 9.97. The Balaban J connectivity index is 1.96. The SMILES string of the molecule is CCC(C(N)=O)N1CC2C(C1)C2(C)C. The fraction of sp³-hybridized carbons (Fsp3) is 0.909. The lowest BCUT2D eigenvalue weighted by atomic mass is 10.0. The zero-order valence-corrected chi connectivity index (χ0v) is 9.29. The van der Waals surface area contributed by atoms with Gasteiger partial charge < -0.3 is 5.73 Å². The molecule has 1 saturated carbocycles. The summed E-state index contributed by atoms with van der Waals surface area (Å²) in [5.74, 6) is 1.44. The van der Waals surface area contributed by atoms with Gasteiger partial charge in [-0.3, -0.25) is 9.69 Å². The maximum Gasteiger partial charge on any atom is 0.234 e. The Morgan fingerprint density at radius 3 is 2.36 bits per heavy atom. The van der Waals surface area contributed by atoms with Gasteiger partial charge >= 0.3 is 0 Å². The molecule has 1 amide bonds. The molecule has 3 unspecified atom stereocenters. The third-order valence-electron chi connectivity index (χ3n) is 4.31. The highest BCUT2D eigenvalue weighted by Crippen LogP contribution is 2.62. The minimum absolute atomic E-state index is 0.0291. The fourth-order valence-corrected chi connectivity index (χ4v) is 3.06. The van der Waals surface area contributed by atoms with Crippen LogP contribution in [0, 0.1) is 17.3 Å². The molecule has 0 aromatic carbocycles. The molecule has 1 heterocycles. The van der Waals surface area contributed by atoms with Crippen molar-refractivity contribution in [3.8, 4) is 0 Å². The first-order valence-corrected chi connectivity index (χ1v) is 5.51. The number of hydrogen-bond acceptors (Lipinski definition) is 2. The molecule has 2 aliphatic rings. The molecule has 1 aliphatic carbocycles. The first-order valence-electron chi connectivity index (χ1n) is 5.51. The van der Waals surface area contributed by atoms with Crippen LogP contribution in [0.2, 0.25) is 0 Å². The molecule has 0 spiro atoms. The monoisotopic (exact) mass is 196 g/mol.